The fraction of sp³-hybridized carbons (Fsp3) is 0.381. The molecule has 8 heteroatoms. The number of hydrogen-bond donors (Lipinski definition) is 1. The Hall–Kier alpha value is -2.58. The number of piperazine rings is 1. The first kappa shape index (κ1) is 21.1. The third kappa shape index (κ3) is 5.27. The highest BCUT2D eigenvalue weighted by molar-refractivity contribution is 7.80. The van der Waals surface area contributed by atoms with Gasteiger partial charge in [0.1, 0.15) is 5.82 Å². The molecule has 1 N–H and O–H groups in total. The topological polar surface area (TPSA) is 46.2 Å². The molecule has 0 saturated carbocycles. The molecule has 0 aliphatic carbocycles. The van der Waals surface area contributed by atoms with Crippen molar-refractivity contribution in [3.63, 3.8) is 0 Å². The summed E-state index contributed by atoms with van der Waals surface area (Å²) in [5, 5.41) is 3.83. The summed E-state index contributed by atoms with van der Waals surface area (Å²) >= 11 is 5.51. The van der Waals surface area contributed by atoms with Crippen LogP contribution in [0.25, 0.3) is 0 Å². The van der Waals surface area contributed by atoms with Crippen molar-refractivity contribution in [3.05, 3.63) is 47.8 Å². The van der Waals surface area contributed by atoms with E-state index in [4.69, 9.17) is 26.4 Å². The van der Waals surface area contributed by atoms with Crippen LogP contribution in [-0.4, -0.2) is 62.4 Å². The first-order valence-electron chi connectivity index (χ1n) is 9.36. The Morgan fingerprint density at radius 3 is 2.07 bits per heavy atom. The van der Waals surface area contributed by atoms with E-state index in [1.807, 2.05) is 12.1 Å². The minimum Gasteiger partial charge on any atom is -0.493 e. The molecule has 1 fully saturated rings. The fourth-order valence-corrected chi connectivity index (χ4v) is 3.63. The Bertz CT molecular complexity index is 815. The molecule has 1 aliphatic heterocycles. The number of nitrogens with zero attached hydrogens (tertiary/aromatic N) is 2. The van der Waals surface area contributed by atoms with Crippen LogP contribution in [0.3, 0.4) is 0 Å². The van der Waals surface area contributed by atoms with E-state index in [0.29, 0.717) is 22.4 Å². The molecule has 1 heterocycles. The molecular weight excluding hydrogens is 393 g/mol. The molecule has 2 aromatic carbocycles. The van der Waals surface area contributed by atoms with Gasteiger partial charge in [-0.05, 0) is 54.2 Å². The first-order chi connectivity index (χ1) is 14.0. The molecule has 0 spiro atoms. The quantitative estimate of drug-likeness (QED) is 0.721. The average Bonchev–Trinajstić information content (AvgIpc) is 2.75. The minimum atomic E-state index is -0.262. The van der Waals surface area contributed by atoms with Crippen LogP contribution >= 0.6 is 12.2 Å². The summed E-state index contributed by atoms with van der Waals surface area (Å²) in [5.74, 6) is 1.65. The molecule has 156 valence electrons. The number of halogens is 1. The van der Waals surface area contributed by atoms with Gasteiger partial charge in [0.25, 0.3) is 0 Å². The molecule has 0 radical (unpaired) electrons. The zero-order chi connectivity index (χ0) is 20.8. The second-order valence-electron chi connectivity index (χ2n) is 6.73. The van der Waals surface area contributed by atoms with E-state index >= 15 is 0 Å². The standard InChI is InChI=1S/C21H26FN3O3S/c1-26-18-12-15(13-19(27-2)20(18)28-3)14-24-8-10-25(11-9-24)21(29)23-17-6-4-16(22)5-7-17/h4-7,12-13H,8-11,14H2,1-3H3,(H,23,29). The Balaban J connectivity index is 1.57. The minimum absolute atomic E-state index is 0.262. The zero-order valence-corrected chi connectivity index (χ0v) is 17.7. The van der Waals surface area contributed by atoms with Gasteiger partial charge >= 0.3 is 0 Å². The van der Waals surface area contributed by atoms with Crippen molar-refractivity contribution in [1.29, 1.82) is 0 Å². The van der Waals surface area contributed by atoms with Gasteiger partial charge in [-0.25, -0.2) is 4.39 Å². The average molecular weight is 420 g/mol. The van der Waals surface area contributed by atoms with Crippen LogP contribution in [0.4, 0.5) is 10.1 Å². The lowest BCUT2D eigenvalue weighted by molar-refractivity contribution is 0.176. The summed E-state index contributed by atoms with van der Waals surface area (Å²) in [7, 11) is 4.84. The highest BCUT2D eigenvalue weighted by atomic mass is 32.1. The van der Waals surface area contributed by atoms with Crippen molar-refractivity contribution in [3.8, 4) is 17.2 Å². The largest absolute Gasteiger partial charge is 0.493 e. The molecular formula is C21H26FN3O3S. The molecule has 29 heavy (non-hydrogen) atoms. The lowest BCUT2D eigenvalue weighted by Gasteiger charge is -2.36. The Kier molecular flexibility index (Phi) is 7.11. The summed E-state index contributed by atoms with van der Waals surface area (Å²) in [4.78, 5) is 4.49. The van der Waals surface area contributed by atoms with E-state index in [-0.39, 0.29) is 5.82 Å². The van der Waals surface area contributed by atoms with Gasteiger partial charge < -0.3 is 24.4 Å². The third-order valence-corrected chi connectivity index (χ3v) is 5.25. The van der Waals surface area contributed by atoms with Gasteiger partial charge in [0.2, 0.25) is 5.75 Å². The van der Waals surface area contributed by atoms with Crippen molar-refractivity contribution in [2.24, 2.45) is 0 Å². The number of ether oxygens (including phenoxy) is 3. The second-order valence-corrected chi connectivity index (χ2v) is 7.12. The summed E-state index contributed by atoms with van der Waals surface area (Å²) in [5.41, 5.74) is 1.89. The van der Waals surface area contributed by atoms with E-state index < -0.39 is 0 Å². The predicted molar refractivity (Wildman–Crippen MR) is 116 cm³/mol. The van der Waals surface area contributed by atoms with E-state index in [9.17, 15) is 4.39 Å². The Morgan fingerprint density at radius 1 is 0.966 bits per heavy atom. The maximum Gasteiger partial charge on any atom is 0.203 e. The molecule has 0 amide bonds. The maximum atomic E-state index is 13.0. The predicted octanol–water partition coefficient (Wildman–Crippen LogP) is 3.37. The number of benzene rings is 2. The smallest absolute Gasteiger partial charge is 0.203 e. The van der Waals surface area contributed by atoms with Gasteiger partial charge in [0.05, 0.1) is 21.3 Å². The van der Waals surface area contributed by atoms with E-state index in [1.54, 1.807) is 33.5 Å². The van der Waals surface area contributed by atoms with E-state index in [0.717, 1.165) is 44.0 Å². The van der Waals surface area contributed by atoms with Crippen LogP contribution in [-0.2, 0) is 6.54 Å². The van der Waals surface area contributed by atoms with Crippen molar-refractivity contribution < 1.29 is 18.6 Å². The monoisotopic (exact) mass is 419 g/mol. The normalized spacial score (nSPS) is 14.4. The number of hydrogen-bond acceptors (Lipinski definition) is 5. The highest BCUT2D eigenvalue weighted by Gasteiger charge is 2.21. The number of thiocarbonyl (C=S) groups is 1. The van der Waals surface area contributed by atoms with Crippen molar-refractivity contribution in [2.75, 3.05) is 52.8 Å². The number of nitrogens with one attached hydrogen (secondary N) is 1. The van der Waals surface area contributed by atoms with Crippen LogP contribution in [0.2, 0.25) is 0 Å². The second kappa shape index (κ2) is 9.76. The molecule has 1 aliphatic rings. The van der Waals surface area contributed by atoms with Crippen molar-refractivity contribution in [2.45, 2.75) is 6.54 Å². The molecule has 1 saturated heterocycles. The molecule has 2 aromatic rings. The van der Waals surface area contributed by atoms with Gasteiger partial charge in [-0.2, -0.15) is 0 Å². The van der Waals surface area contributed by atoms with Gasteiger partial charge in [0, 0.05) is 38.4 Å². The number of anilines is 1. The molecule has 0 bridgehead atoms. The van der Waals surface area contributed by atoms with Crippen LogP contribution < -0.4 is 19.5 Å². The van der Waals surface area contributed by atoms with Crippen molar-refractivity contribution >= 4 is 23.0 Å². The van der Waals surface area contributed by atoms with Gasteiger partial charge in [0.15, 0.2) is 16.6 Å². The summed E-state index contributed by atoms with van der Waals surface area (Å²) in [6.45, 7) is 4.17. The highest BCUT2D eigenvalue weighted by Crippen LogP contribution is 2.38. The lowest BCUT2D eigenvalue weighted by Crippen LogP contribution is -2.49. The van der Waals surface area contributed by atoms with Crippen LogP contribution in [0.1, 0.15) is 5.56 Å². The zero-order valence-electron chi connectivity index (χ0n) is 16.9. The first-order valence-corrected chi connectivity index (χ1v) is 9.77. The van der Waals surface area contributed by atoms with Crippen LogP contribution in [0.15, 0.2) is 36.4 Å². The molecule has 0 aromatic heterocycles. The third-order valence-electron chi connectivity index (χ3n) is 4.89. The SMILES string of the molecule is COc1cc(CN2CCN(C(=S)Nc3ccc(F)cc3)CC2)cc(OC)c1OC. The molecule has 0 atom stereocenters. The fourth-order valence-electron chi connectivity index (χ4n) is 3.33. The summed E-state index contributed by atoms with van der Waals surface area (Å²) in [6, 6.07) is 10.2. The maximum absolute atomic E-state index is 13.0. The van der Waals surface area contributed by atoms with E-state index in [2.05, 4.69) is 15.1 Å². The van der Waals surface area contributed by atoms with Gasteiger partial charge in [-0.3, -0.25) is 4.90 Å². The molecule has 6 nitrogen and oxygen atoms in total. The molecule has 3 rings (SSSR count). The lowest BCUT2D eigenvalue weighted by atomic mass is 10.1. The van der Waals surface area contributed by atoms with Gasteiger partial charge in [-0.15, -0.1) is 0 Å². The van der Waals surface area contributed by atoms with E-state index in [1.165, 1.54) is 12.1 Å². The van der Waals surface area contributed by atoms with Crippen LogP contribution in [0, 0.1) is 5.82 Å². The number of rotatable bonds is 6. The summed E-state index contributed by atoms with van der Waals surface area (Å²) in [6.07, 6.45) is 0. The Labute approximate surface area is 176 Å². The van der Waals surface area contributed by atoms with Crippen molar-refractivity contribution in [1.82, 2.24) is 9.80 Å². The Morgan fingerprint density at radius 2 is 1.55 bits per heavy atom. The molecule has 0 unspecified atom stereocenters. The summed E-state index contributed by atoms with van der Waals surface area (Å²) < 4.78 is 29.3. The number of methoxy groups -OCH3 is 3. The van der Waals surface area contributed by atoms with Crippen LogP contribution in [0.5, 0.6) is 17.2 Å². The van der Waals surface area contributed by atoms with Gasteiger partial charge in [-0.1, -0.05) is 0 Å².